The van der Waals surface area contributed by atoms with Gasteiger partial charge in [0.05, 0.1) is 55.4 Å². The monoisotopic (exact) mass is 1190 g/mol. The molecule has 0 saturated heterocycles. The summed E-state index contributed by atoms with van der Waals surface area (Å²) in [7, 11) is 0. The summed E-state index contributed by atoms with van der Waals surface area (Å²) in [6.07, 6.45) is 0. The molecule has 7 heteroatoms. The normalized spacial score (nSPS) is 15.6. The third-order valence-corrected chi connectivity index (χ3v) is 20.4. The van der Waals surface area contributed by atoms with E-state index in [0.717, 1.165) is 107 Å². The van der Waals surface area contributed by atoms with Crippen LogP contribution in [0.3, 0.4) is 0 Å². The molecule has 2 aliphatic rings. The largest absolute Gasteiger partial charge is 0.310 e. The van der Waals surface area contributed by atoms with Crippen LogP contribution in [0.2, 0.25) is 0 Å². The van der Waals surface area contributed by atoms with Crippen LogP contribution in [0.15, 0.2) is 279 Å². The van der Waals surface area contributed by atoms with Crippen molar-refractivity contribution in [3.8, 4) is 33.6 Å². The van der Waals surface area contributed by atoms with E-state index >= 15 is 0 Å². The number of hydrogen-bond donors (Lipinski definition) is 0. The highest BCUT2D eigenvalue weighted by atomic mass is 32.1. The van der Waals surface area contributed by atoms with Crippen molar-refractivity contribution in [2.75, 3.05) is 9.80 Å². The van der Waals surface area contributed by atoms with Gasteiger partial charge in [-0.3, -0.25) is 0 Å². The standard InChI is InChI=1S/C82H55BN4S2/c1-82(2,3)52-46-71-79-72(47-52)87(81-56(51-24-8-5-9-25-51)41-45-76-78(81)62-31-15-21-37-74(62)89-76)70-49-54(85-67-34-18-12-28-59(67)60-29-13-19-35-68(60)85)39-43-64(70)83(79)63-42-38-53(84-65-32-16-10-26-57(65)58-27-11-17-33-66(58)84)48-69(63)86(71)80-55(50-22-6-4-7-23-50)40-44-75-77(80)61-30-14-20-36-73(61)88-75/h4-49H,1-3H3/i10D,11D,12D,13D,16D,17D,18D,19D,26D,27D,28D,29D,32D,33D,34D,35D. The number of aromatic nitrogens is 2. The van der Waals surface area contributed by atoms with Gasteiger partial charge in [0.1, 0.15) is 0 Å². The molecule has 0 fully saturated rings. The molecule has 0 bridgehead atoms. The zero-order chi connectivity index (χ0) is 72.7. The van der Waals surface area contributed by atoms with Gasteiger partial charge >= 0.3 is 0 Å². The predicted molar refractivity (Wildman–Crippen MR) is 384 cm³/mol. The number of rotatable bonds is 6. The molecule has 2 aliphatic heterocycles. The zero-order valence-corrected chi connectivity index (χ0v) is 49.6. The van der Waals surface area contributed by atoms with E-state index in [1.165, 1.54) is 0 Å². The summed E-state index contributed by atoms with van der Waals surface area (Å²) in [6.45, 7) is 5.84. The highest BCUT2D eigenvalue weighted by molar-refractivity contribution is 7.26. The molecule has 418 valence electrons. The molecular formula is C82H55BN4S2. The average molecular weight is 1190 g/mol. The van der Waals surface area contributed by atoms with Crippen LogP contribution in [0, 0.1) is 0 Å². The first kappa shape index (κ1) is 37.3. The lowest BCUT2D eigenvalue weighted by Gasteiger charge is -2.46. The molecule has 4 aromatic heterocycles. The molecule has 17 aromatic rings. The first-order valence-electron chi connectivity index (χ1n) is 37.5. The molecule has 0 amide bonds. The maximum absolute atomic E-state index is 9.75. The molecule has 6 heterocycles. The minimum atomic E-state index is -0.706. The lowest BCUT2D eigenvalue weighted by Crippen LogP contribution is -2.61. The number of fused-ring (bicyclic) bond motifs is 16. The van der Waals surface area contributed by atoms with Gasteiger partial charge < -0.3 is 18.9 Å². The quantitative estimate of drug-likeness (QED) is 0.154. The zero-order valence-electron chi connectivity index (χ0n) is 64.0. The van der Waals surface area contributed by atoms with Gasteiger partial charge in [-0.15, -0.1) is 22.7 Å². The fourth-order valence-corrected chi connectivity index (χ4v) is 16.5. The molecule has 0 N–H and O–H groups in total. The summed E-state index contributed by atoms with van der Waals surface area (Å²) in [6, 6.07) is 54.2. The van der Waals surface area contributed by atoms with Gasteiger partial charge in [0.15, 0.2) is 0 Å². The van der Waals surface area contributed by atoms with Crippen molar-refractivity contribution in [1.82, 2.24) is 9.13 Å². The lowest BCUT2D eigenvalue weighted by molar-refractivity contribution is 0.590. The van der Waals surface area contributed by atoms with E-state index in [9.17, 15) is 16.4 Å². The Morgan fingerprint density at radius 2 is 0.742 bits per heavy atom. The second-order valence-corrected chi connectivity index (χ2v) is 26.1. The van der Waals surface area contributed by atoms with Gasteiger partial charge in [0.25, 0.3) is 6.71 Å². The summed E-state index contributed by atoms with van der Waals surface area (Å²) in [5.41, 5.74) is 11.4. The molecule has 0 atom stereocenters. The number of anilines is 6. The van der Waals surface area contributed by atoms with E-state index < -0.39 is 109 Å². The van der Waals surface area contributed by atoms with Gasteiger partial charge in [-0.25, -0.2) is 0 Å². The minimum Gasteiger partial charge on any atom is -0.310 e. The topological polar surface area (TPSA) is 16.3 Å². The molecule has 0 saturated carbocycles. The van der Waals surface area contributed by atoms with Crippen LogP contribution in [0.1, 0.15) is 48.3 Å². The summed E-state index contributed by atoms with van der Waals surface area (Å²) < 4.78 is 157. The molecule has 0 spiro atoms. The Kier molecular flexibility index (Phi) is 7.98. The molecular weight excluding hydrogens is 1120 g/mol. The molecule has 4 nitrogen and oxygen atoms in total. The summed E-state index contributed by atoms with van der Waals surface area (Å²) in [5, 5.41) is 3.70. The Morgan fingerprint density at radius 3 is 1.15 bits per heavy atom. The molecule has 13 aromatic carbocycles. The van der Waals surface area contributed by atoms with Crippen LogP contribution in [-0.4, -0.2) is 15.8 Å². The number of benzene rings is 13. The van der Waals surface area contributed by atoms with Crippen LogP contribution >= 0.6 is 22.7 Å². The lowest BCUT2D eigenvalue weighted by atomic mass is 9.33. The van der Waals surface area contributed by atoms with E-state index in [2.05, 4.69) is 116 Å². The van der Waals surface area contributed by atoms with E-state index in [1.54, 1.807) is 31.8 Å². The van der Waals surface area contributed by atoms with Crippen molar-refractivity contribution < 1.29 is 21.9 Å². The SMILES string of the molecule is [2H]c1c([2H])c([2H])c2c(c1[2H])c1c([2H])c([2H])c([2H])c([2H])c1n2-c1ccc2c(c1)N(c1c(-c3ccccc3)ccc3sc4ccccc4c13)c1cc(C(C)(C)C)cc3c1B2c1ccc(-n2c4c([2H])c([2H])c([2H])c([2H])c4c4c([2H])c([2H])c([2H])c([2H])c42)cc1N3c1c(-c2ccccc2)ccc2sc3ccccc3c12. The molecule has 19 rings (SSSR count). The third-order valence-electron chi connectivity index (χ3n) is 18.1. The predicted octanol–water partition coefficient (Wildman–Crippen LogP) is 21.3. The van der Waals surface area contributed by atoms with Gasteiger partial charge in [-0.05, 0) is 123 Å². The highest BCUT2D eigenvalue weighted by Crippen LogP contribution is 2.56. The molecule has 89 heavy (non-hydrogen) atoms. The highest BCUT2D eigenvalue weighted by Gasteiger charge is 2.46. The second kappa shape index (κ2) is 19.0. The Balaban J connectivity index is 1.03. The van der Waals surface area contributed by atoms with E-state index in [1.807, 2.05) is 97.1 Å². The maximum Gasteiger partial charge on any atom is 0.252 e. The van der Waals surface area contributed by atoms with E-state index in [4.69, 9.17) is 5.48 Å². The molecule has 0 unspecified atom stereocenters. The van der Waals surface area contributed by atoms with Crippen LogP contribution in [0.25, 0.3) is 118 Å². The van der Waals surface area contributed by atoms with Crippen LogP contribution in [0.5, 0.6) is 0 Å². The van der Waals surface area contributed by atoms with Gasteiger partial charge in [0.2, 0.25) is 0 Å². The molecule has 0 aliphatic carbocycles. The van der Waals surface area contributed by atoms with Gasteiger partial charge in [0, 0.05) is 107 Å². The van der Waals surface area contributed by atoms with Crippen molar-refractivity contribution in [1.29, 1.82) is 0 Å². The summed E-state index contributed by atoms with van der Waals surface area (Å²) >= 11 is 3.36. The van der Waals surface area contributed by atoms with Crippen molar-refractivity contribution in [2.24, 2.45) is 0 Å². The van der Waals surface area contributed by atoms with Crippen molar-refractivity contribution in [3.05, 3.63) is 284 Å². The Hall–Kier alpha value is -10.4. The van der Waals surface area contributed by atoms with Crippen LogP contribution in [-0.2, 0) is 5.41 Å². The Morgan fingerprint density at radius 1 is 0.360 bits per heavy atom. The first-order valence-corrected chi connectivity index (χ1v) is 31.2. The van der Waals surface area contributed by atoms with Crippen molar-refractivity contribution in [3.63, 3.8) is 0 Å². The van der Waals surface area contributed by atoms with Crippen molar-refractivity contribution >= 4 is 164 Å². The number of hydrogen-bond acceptors (Lipinski definition) is 4. The Labute approximate surface area is 546 Å². The third kappa shape index (κ3) is 7.34. The summed E-state index contributed by atoms with van der Waals surface area (Å²) in [4.78, 5) is 4.70. The van der Waals surface area contributed by atoms with Crippen LogP contribution < -0.4 is 26.2 Å². The van der Waals surface area contributed by atoms with Crippen molar-refractivity contribution in [2.45, 2.75) is 26.2 Å². The number of nitrogens with zero attached hydrogens (tertiary/aromatic N) is 4. The van der Waals surface area contributed by atoms with Crippen LogP contribution in [0.4, 0.5) is 34.1 Å². The number of para-hydroxylation sites is 4. The summed E-state index contributed by atoms with van der Waals surface area (Å²) in [5.74, 6) is 0. The minimum absolute atomic E-state index is 0.0331. The maximum atomic E-state index is 9.75. The average Bonchev–Trinajstić information content (AvgIpc) is 0.994. The van der Waals surface area contributed by atoms with Gasteiger partial charge in [-0.1, -0.05) is 215 Å². The fraction of sp³-hybridized carbons (Fsp3) is 0.0488. The second-order valence-electron chi connectivity index (χ2n) is 23.9. The fourth-order valence-electron chi connectivity index (χ4n) is 14.3. The molecule has 0 radical (unpaired) electrons. The Bertz CT molecular complexity index is 6270. The smallest absolute Gasteiger partial charge is 0.252 e. The van der Waals surface area contributed by atoms with E-state index in [-0.39, 0.29) is 43.6 Å². The van der Waals surface area contributed by atoms with Gasteiger partial charge in [-0.2, -0.15) is 0 Å². The number of thiophene rings is 2. The van der Waals surface area contributed by atoms with E-state index in [0.29, 0.717) is 22.7 Å². The first-order chi connectivity index (χ1) is 50.5.